The van der Waals surface area contributed by atoms with E-state index < -0.39 is 13.2 Å². The summed E-state index contributed by atoms with van der Waals surface area (Å²) in [5, 5.41) is 0. The van der Waals surface area contributed by atoms with E-state index in [9.17, 15) is 4.57 Å². The molecule has 0 heterocycles. The molecule has 3 nitrogen and oxygen atoms in total. The van der Waals surface area contributed by atoms with Crippen molar-refractivity contribution in [1.29, 1.82) is 0 Å². The molecule has 0 aliphatic heterocycles. The molecule has 0 fully saturated rings. The van der Waals surface area contributed by atoms with Gasteiger partial charge in [-0.25, -0.2) is 4.57 Å². The molecule has 0 aliphatic carbocycles. The van der Waals surface area contributed by atoms with Gasteiger partial charge in [-0.1, -0.05) is 33.3 Å². The van der Waals surface area contributed by atoms with Crippen molar-refractivity contribution in [2.75, 3.05) is 6.66 Å². The fraction of sp³-hybridized carbons (Fsp3) is 0.684. The van der Waals surface area contributed by atoms with Crippen molar-refractivity contribution in [1.82, 2.24) is 0 Å². The molecule has 0 saturated heterocycles. The average molecular weight is 340 g/mol. The summed E-state index contributed by atoms with van der Waals surface area (Å²) in [4.78, 5) is 0. The second-order valence-electron chi connectivity index (χ2n) is 8.16. The Hall–Kier alpha value is -0.790. The van der Waals surface area contributed by atoms with Gasteiger partial charge >= 0.3 is 7.60 Å². The van der Waals surface area contributed by atoms with Crippen LogP contribution in [0.3, 0.4) is 0 Å². The van der Waals surface area contributed by atoms with E-state index >= 15 is 0 Å². The lowest BCUT2D eigenvalue weighted by Gasteiger charge is -2.31. The number of hydrogen-bond donors (Lipinski definition) is 0. The van der Waals surface area contributed by atoms with Gasteiger partial charge in [0.25, 0.3) is 0 Å². The van der Waals surface area contributed by atoms with Crippen LogP contribution in [0.2, 0.25) is 0 Å². The van der Waals surface area contributed by atoms with Gasteiger partial charge in [-0.15, -0.1) is 0 Å². The Balaban J connectivity index is 3.33. The molecule has 1 aromatic rings. The summed E-state index contributed by atoms with van der Waals surface area (Å²) in [5.74, 6) is 0.691. The zero-order chi connectivity index (χ0) is 18.1. The van der Waals surface area contributed by atoms with Gasteiger partial charge in [0.15, 0.2) is 0 Å². The lowest BCUT2D eigenvalue weighted by atomic mass is 9.77. The highest BCUT2D eigenvalue weighted by Gasteiger charge is 2.31. The zero-order valence-electron chi connectivity index (χ0n) is 16.2. The van der Waals surface area contributed by atoms with E-state index in [-0.39, 0.29) is 5.41 Å². The Labute approximate surface area is 142 Å². The maximum atomic E-state index is 12.8. The topological polar surface area (TPSA) is 35.5 Å². The molecule has 0 bridgehead atoms. The van der Waals surface area contributed by atoms with Crippen LogP contribution < -0.4 is 4.52 Å². The lowest BCUT2D eigenvalue weighted by molar-refractivity contribution is 0.116. The normalized spacial score (nSPS) is 15.3. The van der Waals surface area contributed by atoms with Crippen molar-refractivity contribution in [3.8, 4) is 5.75 Å². The second kappa shape index (κ2) is 6.99. The van der Waals surface area contributed by atoms with Crippen LogP contribution in [0.5, 0.6) is 5.75 Å². The Kier molecular flexibility index (Phi) is 6.15. The Morgan fingerprint density at radius 2 is 1.65 bits per heavy atom. The molecule has 1 unspecified atom stereocenters. The number of benzene rings is 1. The fourth-order valence-electron chi connectivity index (χ4n) is 3.31. The number of aryl methyl sites for hydroxylation is 2. The van der Waals surface area contributed by atoms with Crippen molar-refractivity contribution < 1.29 is 13.6 Å². The third kappa shape index (κ3) is 5.97. The van der Waals surface area contributed by atoms with Crippen molar-refractivity contribution in [3.05, 3.63) is 28.8 Å². The third-order valence-corrected chi connectivity index (χ3v) is 5.11. The first kappa shape index (κ1) is 20.3. The Bertz CT molecular complexity index is 597. The van der Waals surface area contributed by atoms with Crippen molar-refractivity contribution in [2.45, 2.75) is 79.2 Å². The quantitative estimate of drug-likeness (QED) is 0.562. The number of rotatable bonds is 6. The van der Waals surface area contributed by atoms with E-state index in [4.69, 9.17) is 9.05 Å². The molecule has 4 heteroatoms. The monoisotopic (exact) mass is 340 g/mol. The maximum Gasteiger partial charge on any atom is 0.376 e. The smallest absolute Gasteiger partial charge is 0.376 e. The van der Waals surface area contributed by atoms with Crippen molar-refractivity contribution >= 4 is 7.60 Å². The van der Waals surface area contributed by atoms with Crippen LogP contribution in [-0.4, -0.2) is 12.3 Å². The molecule has 0 saturated carbocycles. The molecule has 132 valence electrons. The van der Waals surface area contributed by atoms with E-state index in [2.05, 4.69) is 33.8 Å². The summed E-state index contributed by atoms with van der Waals surface area (Å²) in [6, 6.07) is 4.13. The summed E-state index contributed by atoms with van der Waals surface area (Å²) < 4.78 is 24.4. The minimum absolute atomic E-state index is 0.0381. The minimum atomic E-state index is -3.19. The van der Waals surface area contributed by atoms with E-state index in [1.54, 1.807) is 6.66 Å². The fourth-order valence-corrected chi connectivity index (χ4v) is 4.85. The van der Waals surface area contributed by atoms with Crippen molar-refractivity contribution in [2.24, 2.45) is 0 Å². The summed E-state index contributed by atoms with van der Waals surface area (Å²) in [6.07, 6.45) is 2.13. The van der Waals surface area contributed by atoms with Crippen molar-refractivity contribution in [3.63, 3.8) is 0 Å². The van der Waals surface area contributed by atoms with Crippen LogP contribution in [0.1, 0.15) is 71.1 Å². The molecule has 1 atom stereocenters. The van der Waals surface area contributed by atoms with Gasteiger partial charge in [-0.2, -0.15) is 0 Å². The number of hydrogen-bond acceptors (Lipinski definition) is 3. The average Bonchev–Trinajstić information content (AvgIpc) is 2.21. The maximum absolute atomic E-state index is 12.8. The molecule has 1 aromatic carbocycles. The van der Waals surface area contributed by atoms with Gasteiger partial charge in [0, 0.05) is 12.2 Å². The summed E-state index contributed by atoms with van der Waals surface area (Å²) in [5.41, 5.74) is 2.86. The van der Waals surface area contributed by atoms with Crippen LogP contribution in [-0.2, 0) is 14.5 Å². The van der Waals surface area contributed by atoms with E-state index in [0.29, 0.717) is 5.75 Å². The molecule has 0 radical (unpaired) electrons. The molecule has 0 N–H and O–H groups in total. The summed E-state index contributed by atoms with van der Waals surface area (Å²) in [7, 11) is -3.19. The molecular formula is C19H33O3P. The van der Waals surface area contributed by atoms with Gasteiger partial charge in [-0.05, 0) is 63.6 Å². The van der Waals surface area contributed by atoms with Crippen LogP contribution in [0, 0.1) is 13.8 Å². The molecule has 0 aliphatic rings. The third-order valence-electron chi connectivity index (χ3n) is 3.70. The highest BCUT2D eigenvalue weighted by atomic mass is 31.2. The first-order chi connectivity index (χ1) is 10.3. The molecule has 23 heavy (non-hydrogen) atoms. The van der Waals surface area contributed by atoms with Gasteiger partial charge in [0.05, 0.1) is 5.60 Å². The second-order valence-corrected chi connectivity index (χ2v) is 10.1. The summed E-state index contributed by atoms with van der Waals surface area (Å²) >= 11 is 0. The predicted octanol–water partition coefficient (Wildman–Crippen LogP) is 6.40. The van der Waals surface area contributed by atoms with E-state index in [1.165, 1.54) is 5.56 Å². The Morgan fingerprint density at radius 3 is 2.13 bits per heavy atom. The van der Waals surface area contributed by atoms with Crippen LogP contribution in [0.4, 0.5) is 0 Å². The molecular weight excluding hydrogens is 307 g/mol. The van der Waals surface area contributed by atoms with Crippen LogP contribution in [0.25, 0.3) is 0 Å². The minimum Gasteiger partial charge on any atom is -0.424 e. The van der Waals surface area contributed by atoms with Gasteiger partial charge in [0.1, 0.15) is 5.75 Å². The zero-order valence-corrected chi connectivity index (χ0v) is 17.1. The van der Waals surface area contributed by atoms with Gasteiger partial charge in [-0.3, -0.25) is 4.52 Å². The van der Waals surface area contributed by atoms with E-state index in [0.717, 1.165) is 24.0 Å². The van der Waals surface area contributed by atoms with Gasteiger partial charge in [0.2, 0.25) is 0 Å². The SMILES string of the molecule is CCCC(C)(C)c1c(C)cc(C)cc1OP(C)(=O)OC(C)(C)C. The van der Waals surface area contributed by atoms with Crippen LogP contribution in [0.15, 0.2) is 12.1 Å². The van der Waals surface area contributed by atoms with Gasteiger partial charge < -0.3 is 4.52 Å². The first-order valence-corrected chi connectivity index (χ1v) is 10.4. The Morgan fingerprint density at radius 1 is 1.09 bits per heavy atom. The molecule has 0 amide bonds. The molecule has 1 rings (SSSR count). The molecule has 0 aromatic heterocycles. The van der Waals surface area contributed by atoms with E-state index in [1.807, 2.05) is 33.8 Å². The summed E-state index contributed by atoms with van der Waals surface area (Å²) in [6.45, 7) is 17.9. The standard InChI is InChI=1S/C19H33O3P/c1-10-11-19(7,8)17-15(3)12-14(2)13-16(17)21-23(9,20)22-18(4,5)6/h12-13H,10-11H2,1-9H3. The first-order valence-electron chi connectivity index (χ1n) is 8.37. The van der Waals surface area contributed by atoms with Crippen LogP contribution >= 0.6 is 7.60 Å². The molecule has 0 spiro atoms. The largest absolute Gasteiger partial charge is 0.424 e. The predicted molar refractivity (Wildman–Crippen MR) is 98.8 cm³/mol. The lowest BCUT2D eigenvalue weighted by Crippen LogP contribution is -2.21. The highest BCUT2D eigenvalue weighted by molar-refractivity contribution is 7.53. The highest BCUT2D eigenvalue weighted by Crippen LogP contribution is 2.51.